The van der Waals surface area contributed by atoms with E-state index in [1.54, 1.807) is 0 Å². The van der Waals surface area contributed by atoms with E-state index >= 15 is 0 Å². The van der Waals surface area contributed by atoms with E-state index in [4.69, 9.17) is 0 Å². The lowest BCUT2D eigenvalue weighted by atomic mass is 10.0. The van der Waals surface area contributed by atoms with Crippen LogP contribution in [0, 0.1) is 0 Å². The summed E-state index contributed by atoms with van der Waals surface area (Å²) in [5.74, 6) is 0. The number of aliphatic imine (C=N–C) groups is 1. The molecular formula is C13H17N. The summed E-state index contributed by atoms with van der Waals surface area (Å²) in [5, 5.41) is 0. The second kappa shape index (κ2) is 6.14. The lowest BCUT2D eigenvalue weighted by Gasteiger charge is -2.04. The summed E-state index contributed by atoms with van der Waals surface area (Å²) in [6.45, 7) is 3.72. The van der Waals surface area contributed by atoms with Crippen molar-refractivity contribution in [3.63, 3.8) is 0 Å². The van der Waals surface area contributed by atoms with E-state index in [-0.39, 0.29) is 0 Å². The Bertz CT molecular complexity index is 298. The highest BCUT2D eigenvalue weighted by Gasteiger charge is 2.00. The van der Waals surface area contributed by atoms with Crippen molar-refractivity contribution in [3.8, 4) is 0 Å². The summed E-state index contributed by atoms with van der Waals surface area (Å²) in [7, 11) is 1.86. The molecular weight excluding hydrogens is 170 g/mol. The number of rotatable bonds is 5. The molecule has 0 aromatic heterocycles. The average molecular weight is 187 g/mol. The molecule has 0 bridgehead atoms. The Hall–Kier alpha value is -1.37. The van der Waals surface area contributed by atoms with Gasteiger partial charge in [0.1, 0.15) is 0 Å². The maximum Gasteiger partial charge on any atom is 0.0417 e. The molecule has 0 aliphatic rings. The van der Waals surface area contributed by atoms with E-state index in [1.807, 2.05) is 31.3 Å². The molecule has 74 valence electrons. The van der Waals surface area contributed by atoms with Crippen molar-refractivity contribution >= 4 is 5.71 Å². The van der Waals surface area contributed by atoms with E-state index in [1.165, 1.54) is 11.3 Å². The van der Waals surface area contributed by atoms with Crippen molar-refractivity contribution in [2.75, 3.05) is 7.05 Å². The summed E-state index contributed by atoms with van der Waals surface area (Å²) in [6, 6.07) is 10.3. The van der Waals surface area contributed by atoms with Gasteiger partial charge in [-0.05, 0) is 24.8 Å². The molecule has 0 atom stereocenters. The van der Waals surface area contributed by atoms with Gasteiger partial charge >= 0.3 is 0 Å². The molecule has 0 N–H and O–H groups in total. The van der Waals surface area contributed by atoms with Crippen LogP contribution in [0.2, 0.25) is 0 Å². The van der Waals surface area contributed by atoms with Gasteiger partial charge in [-0.1, -0.05) is 36.4 Å². The number of hydrogen-bond acceptors (Lipinski definition) is 1. The first-order chi connectivity index (χ1) is 6.88. The summed E-state index contributed by atoms with van der Waals surface area (Å²) in [4.78, 5) is 4.31. The molecule has 1 rings (SSSR count). The van der Waals surface area contributed by atoms with Gasteiger partial charge in [-0.3, -0.25) is 4.99 Å². The zero-order valence-corrected chi connectivity index (χ0v) is 8.74. The minimum absolute atomic E-state index is 1.03. The quantitative estimate of drug-likeness (QED) is 0.380. The molecule has 0 unspecified atom stereocenters. The number of unbranched alkanes of at least 4 members (excludes halogenated alkanes) is 1. The Morgan fingerprint density at radius 3 is 2.64 bits per heavy atom. The fourth-order valence-corrected chi connectivity index (χ4v) is 1.43. The SMILES string of the molecule is C=CCCC/C(=N\C)c1ccccc1. The van der Waals surface area contributed by atoms with Gasteiger partial charge in [-0.2, -0.15) is 0 Å². The van der Waals surface area contributed by atoms with E-state index in [9.17, 15) is 0 Å². The van der Waals surface area contributed by atoms with Crippen molar-refractivity contribution in [2.24, 2.45) is 4.99 Å². The molecule has 1 heteroatoms. The van der Waals surface area contributed by atoms with Crippen LogP contribution in [0.5, 0.6) is 0 Å². The van der Waals surface area contributed by atoms with E-state index in [0.29, 0.717) is 0 Å². The first-order valence-corrected chi connectivity index (χ1v) is 5.00. The third-order valence-electron chi connectivity index (χ3n) is 2.20. The Kier molecular flexibility index (Phi) is 4.70. The highest BCUT2D eigenvalue weighted by atomic mass is 14.7. The van der Waals surface area contributed by atoms with Crippen LogP contribution in [0.15, 0.2) is 48.0 Å². The number of allylic oxidation sites excluding steroid dienone is 1. The first-order valence-electron chi connectivity index (χ1n) is 5.00. The molecule has 14 heavy (non-hydrogen) atoms. The van der Waals surface area contributed by atoms with E-state index < -0.39 is 0 Å². The molecule has 0 heterocycles. The lowest BCUT2D eigenvalue weighted by molar-refractivity contribution is 0.893. The van der Waals surface area contributed by atoms with Crippen LogP contribution >= 0.6 is 0 Å². The van der Waals surface area contributed by atoms with Gasteiger partial charge in [0.25, 0.3) is 0 Å². The van der Waals surface area contributed by atoms with Crippen LogP contribution in [-0.4, -0.2) is 12.8 Å². The molecule has 0 saturated carbocycles. The van der Waals surface area contributed by atoms with Crippen LogP contribution in [0.1, 0.15) is 24.8 Å². The molecule has 0 aliphatic carbocycles. The fraction of sp³-hybridized carbons (Fsp3) is 0.308. The molecule has 0 aliphatic heterocycles. The van der Waals surface area contributed by atoms with Gasteiger partial charge in [0, 0.05) is 12.8 Å². The summed E-state index contributed by atoms with van der Waals surface area (Å²) < 4.78 is 0. The molecule has 0 radical (unpaired) electrons. The maximum absolute atomic E-state index is 4.31. The Morgan fingerprint density at radius 2 is 2.07 bits per heavy atom. The molecule has 0 spiro atoms. The zero-order valence-electron chi connectivity index (χ0n) is 8.74. The Morgan fingerprint density at radius 1 is 1.36 bits per heavy atom. The summed E-state index contributed by atoms with van der Waals surface area (Å²) in [6.07, 6.45) is 5.18. The smallest absolute Gasteiger partial charge is 0.0417 e. The van der Waals surface area contributed by atoms with Crippen molar-refractivity contribution in [1.82, 2.24) is 0 Å². The molecule has 1 aromatic rings. The molecule has 0 amide bonds. The van der Waals surface area contributed by atoms with Crippen LogP contribution < -0.4 is 0 Å². The zero-order chi connectivity index (χ0) is 10.2. The Balaban J connectivity index is 2.60. The minimum atomic E-state index is 1.03. The van der Waals surface area contributed by atoms with Crippen LogP contribution in [0.3, 0.4) is 0 Å². The molecule has 0 saturated heterocycles. The van der Waals surface area contributed by atoms with Crippen LogP contribution in [0.4, 0.5) is 0 Å². The summed E-state index contributed by atoms with van der Waals surface area (Å²) >= 11 is 0. The van der Waals surface area contributed by atoms with Gasteiger partial charge in [0.15, 0.2) is 0 Å². The van der Waals surface area contributed by atoms with E-state index in [0.717, 1.165) is 19.3 Å². The van der Waals surface area contributed by atoms with Gasteiger partial charge in [-0.15, -0.1) is 6.58 Å². The van der Waals surface area contributed by atoms with Crippen LogP contribution in [-0.2, 0) is 0 Å². The monoisotopic (exact) mass is 187 g/mol. The standard InChI is InChI=1S/C13H17N/c1-3-4-6-11-13(14-2)12-9-7-5-8-10-12/h3,5,7-10H,1,4,6,11H2,2H3/b14-13+. The van der Waals surface area contributed by atoms with E-state index in [2.05, 4.69) is 23.7 Å². The third-order valence-corrected chi connectivity index (χ3v) is 2.20. The highest BCUT2D eigenvalue weighted by Crippen LogP contribution is 2.07. The third kappa shape index (κ3) is 3.17. The predicted molar refractivity (Wildman–Crippen MR) is 63.0 cm³/mol. The second-order valence-corrected chi connectivity index (χ2v) is 3.22. The number of hydrogen-bond donors (Lipinski definition) is 0. The van der Waals surface area contributed by atoms with Gasteiger partial charge in [0.2, 0.25) is 0 Å². The van der Waals surface area contributed by atoms with Crippen molar-refractivity contribution in [1.29, 1.82) is 0 Å². The largest absolute Gasteiger partial charge is 0.292 e. The number of nitrogens with zero attached hydrogens (tertiary/aromatic N) is 1. The van der Waals surface area contributed by atoms with Gasteiger partial charge < -0.3 is 0 Å². The molecule has 1 aromatic carbocycles. The first kappa shape index (κ1) is 10.7. The van der Waals surface area contributed by atoms with Crippen molar-refractivity contribution in [2.45, 2.75) is 19.3 Å². The number of benzene rings is 1. The van der Waals surface area contributed by atoms with Gasteiger partial charge in [0.05, 0.1) is 0 Å². The lowest BCUT2D eigenvalue weighted by Crippen LogP contribution is -2.00. The average Bonchev–Trinajstić information content (AvgIpc) is 2.26. The predicted octanol–water partition coefficient (Wildman–Crippen LogP) is 3.46. The van der Waals surface area contributed by atoms with Crippen molar-refractivity contribution < 1.29 is 0 Å². The second-order valence-electron chi connectivity index (χ2n) is 3.22. The fourth-order valence-electron chi connectivity index (χ4n) is 1.43. The van der Waals surface area contributed by atoms with Crippen LogP contribution in [0.25, 0.3) is 0 Å². The minimum Gasteiger partial charge on any atom is -0.292 e. The molecule has 0 fully saturated rings. The van der Waals surface area contributed by atoms with Gasteiger partial charge in [-0.25, -0.2) is 0 Å². The van der Waals surface area contributed by atoms with Crippen molar-refractivity contribution in [3.05, 3.63) is 48.6 Å². The molecule has 1 nitrogen and oxygen atoms in total. The Labute approximate surface area is 86.2 Å². The maximum atomic E-state index is 4.31. The highest BCUT2D eigenvalue weighted by molar-refractivity contribution is 6.00. The summed E-state index contributed by atoms with van der Waals surface area (Å²) in [5.41, 5.74) is 2.42. The normalized spacial score (nSPS) is 11.4. The topological polar surface area (TPSA) is 12.4 Å².